The monoisotopic (exact) mass is 510 g/mol. The zero-order valence-electron chi connectivity index (χ0n) is 15.9. The smallest absolute Gasteiger partial charge is 0.228 e. The van der Waals surface area contributed by atoms with Crippen LogP contribution in [0, 0.1) is 0 Å². The molecule has 4 nitrogen and oxygen atoms in total. The van der Waals surface area contributed by atoms with Crippen molar-refractivity contribution in [2.45, 2.75) is 0 Å². The molecule has 2 heterocycles. The van der Waals surface area contributed by atoms with Crippen molar-refractivity contribution in [1.82, 2.24) is 4.98 Å². The van der Waals surface area contributed by atoms with Gasteiger partial charge in [0, 0.05) is 15.1 Å². The first-order chi connectivity index (χ1) is 15.1. The van der Waals surface area contributed by atoms with Gasteiger partial charge in [0.25, 0.3) is 0 Å². The molecule has 31 heavy (non-hydrogen) atoms. The van der Waals surface area contributed by atoms with Gasteiger partial charge in [0.05, 0.1) is 22.5 Å². The van der Waals surface area contributed by atoms with Gasteiger partial charge in [0.15, 0.2) is 5.58 Å². The van der Waals surface area contributed by atoms with Crippen molar-refractivity contribution < 1.29 is 8.83 Å². The summed E-state index contributed by atoms with van der Waals surface area (Å²) < 4.78 is 12.7. The van der Waals surface area contributed by atoms with Crippen molar-refractivity contribution in [1.29, 1.82) is 0 Å². The predicted molar refractivity (Wildman–Crippen MR) is 129 cm³/mol. The Labute approximate surface area is 196 Å². The molecule has 2 aromatic heterocycles. The maximum atomic E-state index is 6.26. The van der Waals surface area contributed by atoms with Crippen molar-refractivity contribution in [2.75, 3.05) is 0 Å². The summed E-state index contributed by atoms with van der Waals surface area (Å²) in [7, 11) is 0. The average Bonchev–Trinajstić information content (AvgIpc) is 3.39. The first kappa shape index (κ1) is 20.1. The maximum absolute atomic E-state index is 6.26. The summed E-state index contributed by atoms with van der Waals surface area (Å²) in [6.07, 6.45) is 1.66. The molecule has 0 spiro atoms. The molecule has 0 aliphatic rings. The highest BCUT2D eigenvalue weighted by Crippen LogP contribution is 2.33. The van der Waals surface area contributed by atoms with Crippen LogP contribution in [0.5, 0.6) is 0 Å². The summed E-state index contributed by atoms with van der Waals surface area (Å²) in [6.45, 7) is 0. The van der Waals surface area contributed by atoms with Crippen LogP contribution in [-0.2, 0) is 0 Å². The number of halogens is 3. The third kappa shape index (κ3) is 4.17. The van der Waals surface area contributed by atoms with Gasteiger partial charge in [-0.2, -0.15) is 0 Å². The Bertz CT molecular complexity index is 1440. The molecule has 3 aromatic carbocycles. The van der Waals surface area contributed by atoms with E-state index in [1.807, 2.05) is 60.7 Å². The van der Waals surface area contributed by atoms with Gasteiger partial charge < -0.3 is 8.83 Å². The first-order valence-electron chi connectivity index (χ1n) is 9.32. The first-order valence-corrected chi connectivity index (χ1v) is 10.9. The molecule has 0 amide bonds. The van der Waals surface area contributed by atoms with Gasteiger partial charge in [-0.15, -0.1) is 0 Å². The zero-order valence-corrected chi connectivity index (χ0v) is 18.9. The molecule has 0 N–H and O–H groups in total. The number of rotatable bonds is 4. The number of benzene rings is 3. The van der Waals surface area contributed by atoms with Crippen molar-refractivity contribution in [3.63, 3.8) is 0 Å². The fraction of sp³-hybridized carbons (Fsp3) is 0. The quantitative estimate of drug-likeness (QED) is 0.227. The van der Waals surface area contributed by atoms with Gasteiger partial charge in [-0.25, -0.2) is 4.98 Å². The van der Waals surface area contributed by atoms with Crippen LogP contribution in [0.25, 0.3) is 33.9 Å². The van der Waals surface area contributed by atoms with E-state index in [0.29, 0.717) is 33.0 Å². The number of aliphatic imine (C=N–C) groups is 1. The highest BCUT2D eigenvalue weighted by atomic mass is 79.9. The molecule has 152 valence electrons. The maximum Gasteiger partial charge on any atom is 0.228 e. The van der Waals surface area contributed by atoms with Gasteiger partial charge in [0.2, 0.25) is 5.89 Å². The number of aromatic nitrogens is 1. The van der Waals surface area contributed by atoms with E-state index in [-0.39, 0.29) is 0 Å². The summed E-state index contributed by atoms with van der Waals surface area (Å²) in [5, 5.41) is 1.11. The fourth-order valence-corrected chi connectivity index (χ4v) is 4.10. The predicted octanol–water partition coefficient (Wildman–Crippen LogP) is 8.57. The second-order valence-corrected chi connectivity index (χ2v) is 8.43. The lowest BCUT2D eigenvalue weighted by molar-refractivity contribution is 0.575. The number of oxazole rings is 1. The molecule has 0 aliphatic carbocycles. The van der Waals surface area contributed by atoms with E-state index in [4.69, 9.17) is 32.0 Å². The van der Waals surface area contributed by atoms with Crippen molar-refractivity contribution in [3.8, 4) is 22.8 Å². The molecule has 0 bridgehead atoms. The summed E-state index contributed by atoms with van der Waals surface area (Å²) in [6, 6.07) is 22.4. The van der Waals surface area contributed by atoms with E-state index in [0.717, 1.165) is 26.8 Å². The Morgan fingerprint density at radius 1 is 0.871 bits per heavy atom. The Hall–Kier alpha value is -2.86. The van der Waals surface area contributed by atoms with E-state index >= 15 is 0 Å². The van der Waals surface area contributed by atoms with Crippen LogP contribution in [0.3, 0.4) is 0 Å². The standard InChI is InChI=1S/C24H13BrCl2N2O2/c25-19-4-2-1-3-17(19)24-29-21-12-15(6-9-23(21)31-24)28-13-16-7-10-22(30-16)18-8-5-14(26)11-20(18)27/h1-13H. The number of fused-ring (bicyclic) bond motifs is 1. The zero-order chi connectivity index (χ0) is 21.4. The van der Waals surface area contributed by atoms with Gasteiger partial charge in [-0.1, -0.05) is 35.3 Å². The summed E-state index contributed by atoms with van der Waals surface area (Å²) in [5.74, 6) is 1.81. The van der Waals surface area contributed by atoms with Gasteiger partial charge >= 0.3 is 0 Å². The van der Waals surface area contributed by atoms with Gasteiger partial charge in [-0.3, -0.25) is 4.99 Å². The lowest BCUT2D eigenvalue weighted by Gasteiger charge is -2.00. The largest absolute Gasteiger partial charge is 0.455 e. The second kappa shape index (κ2) is 8.35. The molecular weight excluding hydrogens is 499 g/mol. The van der Waals surface area contributed by atoms with Crippen LogP contribution >= 0.6 is 39.1 Å². The number of hydrogen-bond acceptors (Lipinski definition) is 4. The van der Waals surface area contributed by atoms with Crippen LogP contribution in [0.15, 0.2) is 91.1 Å². The van der Waals surface area contributed by atoms with Gasteiger partial charge in [-0.05, 0) is 76.6 Å². The minimum absolute atomic E-state index is 0.530. The second-order valence-electron chi connectivity index (χ2n) is 6.74. The van der Waals surface area contributed by atoms with E-state index < -0.39 is 0 Å². The average molecular weight is 512 g/mol. The molecule has 0 aliphatic heterocycles. The van der Waals surface area contributed by atoms with Crippen molar-refractivity contribution in [3.05, 3.63) is 93.1 Å². The van der Waals surface area contributed by atoms with Crippen LogP contribution < -0.4 is 0 Å². The lowest BCUT2D eigenvalue weighted by atomic mass is 10.2. The van der Waals surface area contributed by atoms with E-state index in [1.165, 1.54) is 0 Å². The molecule has 0 saturated heterocycles. The normalized spacial score (nSPS) is 11.6. The number of furan rings is 1. The van der Waals surface area contributed by atoms with Crippen LogP contribution in [0.2, 0.25) is 10.0 Å². The molecule has 0 saturated carbocycles. The number of hydrogen-bond donors (Lipinski definition) is 0. The molecule has 7 heteroatoms. The summed E-state index contributed by atoms with van der Waals surface area (Å²) in [4.78, 5) is 9.11. The molecule has 5 aromatic rings. The Kier molecular flexibility index (Phi) is 5.40. The minimum atomic E-state index is 0.530. The molecule has 0 atom stereocenters. The van der Waals surface area contributed by atoms with Gasteiger partial charge in [0.1, 0.15) is 17.0 Å². The van der Waals surface area contributed by atoms with E-state index in [2.05, 4.69) is 25.9 Å². The Morgan fingerprint density at radius 2 is 1.74 bits per heavy atom. The lowest BCUT2D eigenvalue weighted by Crippen LogP contribution is -1.78. The van der Waals surface area contributed by atoms with Crippen LogP contribution in [0.1, 0.15) is 5.76 Å². The third-order valence-electron chi connectivity index (χ3n) is 4.64. The third-order valence-corrected chi connectivity index (χ3v) is 5.88. The molecule has 0 fully saturated rings. The molecular formula is C24H13BrCl2N2O2. The Balaban J connectivity index is 1.40. The fourth-order valence-electron chi connectivity index (χ4n) is 3.14. The van der Waals surface area contributed by atoms with Crippen molar-refractivity contribution in [2.24, 2.45) is 4.99 Å². The highest BCUT2D eigenvalue weighted by molar-refractivity contribution is 9.10. The van der Waals surface area contributed by atoms with E-state index in [1.54, 1.807) is 18.3 Å². The van der Waals surface area contributed by atoms with Crippen LogP contribution in [0.4, 0.5) is 5.69 Å². The number of nitrogens with zero attached hydrogens (tertiary/aromatic N) is 2. The van der Waals surface area contributed by atoms with Crippen LogP contribution in [-0.4, -0.2) is 11.2 Å². The van der Waals surface area contributed by atoms with E-state index in [9.17, 15) is 0 Å². The minimum Gasteiger partial charge on any atom is -0.455 e. The summed E-state index contributed by atoms with van der Waals surface area (Å²) >= 11 is 15.8. The highest BCUT2D eigenvalue weighted by Gasteiger charge is 2.12. The molecule has 0 radical (unpaired) electrons. The molecule has 0 unspecified atom stereocenters. The SMILES string of the molecule is Clc1ccc(-c2ccc(C=Nc3ccc4oc(-c5ccccc5Br)nc4c3)o2)c(Cl)c1. The summed E-state index contributed by atoms with van der Waals surface area (Å²) in [5.41, 5.74) is 3.83. The molecule has 5 rings (SSSR count). The van der Waals surface area contributed by atoms with Crippen molar-refractivity contribution >= 4 is 62.1 Å². The topological polar surface area (TPSA) is 51.5 Å². The Morgan fingerprint density at radius 3 is 2.58 bits per heavy atom.